The third-order valence-electron chi connectivity index (χ3n) is 1.48. The number of hydrogen-bond acceptors (Lipinski definition) is 3. The number of rotatable bonds is 4. The zero-order valence-corrected chi connectivity index (χ0v) is 7.16. The van der Waals surface area contributed by atoms with Crippen molar-refractivity contribution in [1.29, 1.82) is 0 Å². The van der Waals surface area contributed by atoms with Crippen LogP contribution in [0.1, 0.15) is 26.2 Å². The van der Waals surface area contributed by atoms with E-state index in [9.17, 15) is 0 Å². The maximum atomic E-state index is 3.15. The quantitative estimate of drug-likeness (QED) is 0.498. The monoisotopic (exact) mass is 158 g/mol. The Morgan fingerprint density at radius 2 is 2.40 bits per heavy atom. The molecular weight excluding hydrogens is 144 g/mol. The standard InChI is InChI=1S/C7H14N2S/c1-2-3-4-5-9-6-7-10-8-9/h6-8H,2-5H2,1H3. The van der Waals surface area contributed by atoms with Crippen LogP contribution in [-0.4, -0.2) is 11.6 Å². The third kappa shape index (κ3) is 2.62. The predicted octanol–water partition coefficient (Wildman–Crippen LogP) is 2.12. The summed E-state index contributed by atoms with van der Waals surface area (Å²) in [6.45, 7) is 3.36. The van der Waals surface area contributed by atoms with E-state index in [-0.39, 0.29) is 0 Å². The van der Waals surface area contributed by atoms with Gasteiger partial charge in [-0.05, 0) is 18.4 Å². The molecule has 1 aliphatic rings. The van der Waals surface area contributed by atoms with Gasteiger partial charge in [0, 0.05) is 18.2 Å². The lowest BCUT2D eigenvalue weighted by molar-refractivity contribution is 0.350. The molecular formula is C7H14N2S. The number of nitrogens with zero attached hydrogens (tertiary/aromatic N) is 1. The van der Waals surface area contributed by atoms with Gasteiger partial charge in [-0.25, -0.2) is 0 Å². The van der Waals surface area contributed by atoms with Crippen molar-refractivity contribution in [2.24, 2.45) is 0 Å². The molecule has 0 aromatic rings. The van der Waals surface area contributed by atoms with Gasteiger partial charge < -0.3 is 5.01 Å². The van der Waals surface area contributed by atoms with Gasteiger partial charge in [-0.1, -0.05) is 19.8 Å². The van der Waals surface area contributed by atoms with Gasteiger partial charge in [0.25, 0.3) is 0 Å². The Morgan fingerprint density at radius 3 is 3.00 bits per heavy atom. The Kier molecular flexibility index (Phi) is 3.68. The molecule has 2 nitrogen and oxygen atoms in total. The van der Waals surface area contributed by atoms with Crippen LogP contribution in [0.25, 0.3) is 0 Å². The van der Waals surface area contributed by atoms with Crippen LogP contribution in [0, 0.1) is 0 Å². The molecule has 0 bridgehead atoms. The van der Waals surface area contributed by atoms with Crippen LogP contribution >= 0.6 is 11.9 Å². The minimum absolute atomic E-state index is 1.14. The van der Waals surface area contributed by atoms with E-state index in [0.717, 1.165) is 6.54 Å². The van der Waals surface area contributed by atoms with Crippen molar-refractivity contribution in [2.75, 3.05) is 6.54 Å². The minimum Gasteiger partial charge on any atom is -0.305 e. The van der Waals surface area contributed by atoms with Crippen LogP contribution < -0.4 is 4.83 Å². The molecule has 3 heteroatoms. The first kappa shape index (κ1) is 7.95. The second-order valence-corrected chi connectivity index (χ2v) is 3.09. The second kappa shape index (κ2) is 4.63. The average molecular weight is 158 g/mol. The number of hydrogen-bond donors (Lipinski definition) is 1. The summed E-state index contributed by atoms with van der Waals surface area (Å²) in [4.78, 5) is 3.15. The topological polar surface area (TPSA) is 15.3 Å². The van der Waals surface area contributed by atoms with Gasteiger partial charge in [0.1, 0.15) is 0 Å². The molecule has 1 rings (SSSR count). The molecule has 1 heterocycles. The SMILES string of the molecule is CCCCCN1C=CSN1. The smallest absolute Gasteiger partial charge is 0.0347 e. The summed E-state index contributed by atoms with van der Waals surface area (Å²) < 4.78 is 0. The van der Waals surface area contributed by atoms with E-state index in [0.29, 0.717) is 0 Å². The molecule has 0 aliphatic carbocycles. The molecule has 1 aliphatic heterocycles. The van der Waals surface area contributed by atoms with E-state index in [1.54, 1.807) is 11.9 Å². The van der Waals surface area contributed by atoms with Gasteiger partial charge in [-0.2, -0.15) is 4.83 Å². The van der Waals surface area contributed by atoms with Crippen molar-refractivity contribution in [3.63, 3.8) is 0 Å². The third-order valence-corrected chi connectivity index (χ3v) is 2.08. The average Bonchev–Trinajstić information content (AvgIpc) is 2.41. The summed E-state index contributed by atoms with van der Waals surface area (Å²) in [6, 6.07) is 0. The predicted molar refractivity (Wildman–Crippen MR) is 46.1 cm³/mol. The Labute approximate surface area is 66.8 Å². The Balaban J connectivity index is 1.97. The molecule has 0 saturated heterocycles. The second-order valence-electron chi connectivity index (χ2n) is 2.39. The van der Waals surface area contributed by atoms with E-state index in [1.807, 2.05) is 0 Å². The molecule has 0 spiro atoms. The lowest BCUT2D eigenvalue weighted by atomic mass is 10.2. The number of nitrogens with one attached hydrogen (secondary N) is 1. The van der Waals surface area contributed by atoms with E-state index in [1.165, 1.54) is 19.3 Å². The van der Waals surface area contributed by atoms with Crippen molar-refractivity contribution < 1.29 is 0 Å². The van der Waals surface area contributed by atoms with Crippen LogP contribution in [0.4, 0.5) is 0 Å². The highest BCUT2D eigenvalue weighted by molar-refractivity contribution is 8.00. The van der Waals surface area contributed by atoms with Gasteiger partial charge >= 0.3 is 0 Å². The molecule has 0 saturated carbocycles. The maximum Gasteiger partial charge on any atom is 0.0347 e. The Bertz CT molecular complexity index is 114. The molecule has 0 atom stereocenters. The number of hydrazine groups is 1. The van der Waals surface area contributed by atoms with Crippen LogP contribution in [-0.2, 0) is 0 Å². The van der Waals surface area contributed by atoms with Crippen LogP contribution in [0.3, 0.4) is 0 Å². The largest absolute Gasteiger partial charge is 0.305 e. The summed E-state index contributed by atoms with van der Waals surface area (Å²) >= 11 is 1.64. The lowest BCUT2D eigenvalue weighted by Gasteiger charge is -2.13. The Morgan fingerprint density at radius 1 is 1.50 bits per heavy atom. The molecule has 10 heavy (non-hydrogen) atoms. The molecule has 0 amide bonds. The fourth-order valence-corrected chi connectivity index (χ4v) is 1.44. The fraction of sp³-hybridized carbons (Fsp3) is 0.714. The van der Waals surface area contributed by atoms with Crippen molar-refractivity contribution in [2.45, 2.75) is 26.2 Å². The van der Waals surface area contributed by atoms with Gasteiger partial charge in [0.2, 0.25) is 0 Å². The van der Waals surface area contributed by atoms with E-state index in [4.69, 9.17) is 0 Å². The summed E-state index contributed by atoms with van der Waals surface area (Å²) in [5.74, 6) is 0. The van der Waals surface area contributed by atoms with Crippen molar-refractivity contribution in [1.82, 2.24) is 9.84 Å². The highest BCUT2D eigenvalue weighted by Gasteiger charge is 2.01. The summed E-state index contributed by atoms with van der Waals surface area (Å²) in [5.41, 5.74) is 0. The Hall–Kier alpha value is -0.150. The van der Waals surface area contributed by atoms with Crippen LogP contribution in [0.2, 0.25) is 0 Å². The van der Waals surface area contributed by atoms with Gasteiger partial charge in [0.15, 0.2) is 0 Å². The van der Waals surface area contributed by atoms with E-state index in [2.05, 4.69) is 28.4 Å². The first-order chi connectivity index (χ1) is 4.93. The minimum atomic E-state index is 1.14. The number of unbranched alkanes of at least 4 members (excludes halogenated alkanes) is 2. The van der Waals surface area contributed by atoms with Crippen molar-refractivity contribution >= 4 is 11.9 Å². The van der Waals surface area contributed by atoms with E-state index >= 15 is 0 Å². The molecule has 0 radical (unpaired) electrons. The fourth-order valence-electron chi connectivity index (χ4n) is 0.885. The molecule has 0 aromatic carbocycles. The molecule has 0 aromatic heterocycles. The maximum absolute atomic E-state index is 3.15. The van der Waals surface area contributed by atoms with Gasteiger partial charge in [0.05, 0.1) is 0 Å². The lowest BCUT2D eigenvalue weighted by Crippen LogP contribution is -2.24. The molecule has 58 valence electrons. The van der Waals surface area contributed by atoms with Crippen LogP contribution in [0.5, 0.6) is 0 Å². The highest BCUT2D eigenvalue weighted by atomic mass is 32.2. The van der Waals surface area contributed by atoms with Gasteiger partial charge in [-0.3, -0.25) is 0 Å². The summed E-state index contributed by atoms with van der Waals surface area (Å²) in [5, 5.41) is 4.19. The first-order valence-corrected chi connectivity index (χ1v) is 4.66. The normalized spacial score (nSPS) is 16.7. The summed E-state index contributed by atoms with van der Waals surface area (Å²) in [7, 11) is 0. The molecule has 0 unspecified atom stereocenters. The highest BCUT2D eigenvalue weighted by Crippen LogP contribution is 2.08. The molecule has 0 fully saturated rings. The van der Waals surface area contributed by atoms with Crippen molar-refractivity contribution in [3.05, 3.63) is 11.6 Å². The van der Waals surface area contributed by atoms with Gasteiger partial charge in [-0.15, -0.1) is 0 Å². The van der Waals surface area contributed by atoms with Crippen molar-refractivity contribution in [3.8, 4) is 0 Å². The summed E-state index contributed by atoms with van der Waals surface area (Å²) in [6.07, 6.45) is 6.00. The zero-order valence-electron chi connectivity index (χ0n) is 6.34. The van der Waals surface area contributed by atoms with E-state index < -0.39 is 0 Å². The zero-order chi connectivity index (χ0) is 7.23. The first-order valence-electron chi connectivity index (χ1n) is 3.78. The van der Waals surface area contributed by atoms with Crippen LogP contribution in [0.15, 0.2) is 11.6 Å². The molecule has 1 N–H and O–H groups in total.